The monoisotopic (exact) mass is 294 g/mol. The van der Waals surface area contributed by atoms with Gasteiger partial charge in [0.25, 0.3) is 0 Å². The third kappa shape index (κ3) is 3.83. The molecule has 1 saturated heterocycles. The Bertz CT molecular complexity index is 524. The summed E-state index contributed by atoms with van der Waals surface area (Å²) in [6.07, 6.45) is 2.55. The molecule has 0 saturated carbocycles. The molecule has 0 radical (unpaired) electrons. The maximum atomic E-state index is 11.4. The molecule has 1 fully saturated rings. The maximum Gasteiger partial charge on any atom is 0.239 e. The molecule has 1 aromatic rings. The van der Waals surface area contributed by atoms with Gasteiger partial charge in [0.15, 0.2) is 0 Å². The van der Waals surface area contributed by atoms with Gasteiger partial charge in [-0.3, -0.25) is 4.79 Å². The summed E-state index contributed by atoms with van der Waals surface area (Å²) in [6.45, 7) is 2.26. The number of hydrogen-bond donors (Lipinski definition) is 2. The number of aromatic nitrogens is 1. The van der Waals surface area contributed by atoms with Crippen LogP contribution in [-0.4, -0.2) is 36.5 Å². The summed E-state index contributed by atoms with van der Waals surface area (Å²) in [5.74, 6) is -0.0173. The van der Waals surface area contributed by atoms with Crippen molar-refractivity contribution in [3.8, 4) is 6.07 Å². The van der Waals surface area contributed by atoms with Crippen molar-refractivity contribution in [1.82, 2.24) is 4.98 Å². The molecule has 106 valence electrons. The number of amides is 1. The highest BCUT2D eigenvalue weighted by Crippen LogP contribution is 2.23. The second kappa shape index (κ2) is 7.08. The van der Waals surface area contributed by atoms with Gasteiger partial charge in [0, 0.05) is 25.1 Å². The standard InChI is InChI=1S/C13H15ClN4O2/c14-4-13(19)18-11-3-10(5-15)16-7-12(11)17-6-9-1-2-20-8-9/h3,7,9,17H,1-2,4,6,8H2,(H,16,18,19)/t9-/m1/s1. The molecule has 20 heavy (non-hydrogen) atoms. The zero-order valence-corrected chi connectivity index (χ0v) is 11.6. The Morgan fingerprint density at radius 1 is 1.60 bits per heavy atom. The minimum Gasteiger partial charge on any atom is -0.382 e. The molecule has 1 aromatic heterocycles. The van der Waals surface area contributed by atoms with Gasteiger partial charge >= 0.3 is 0 Å². The van der Waals surface area contributed by atoms with Crippen molar-refractivity contribution in [3.63, 3.8) is 0 Å². The van der Waals surface area contributed by atoms with E-state index in [-0.39, 0.29) is 17.5 Å². The number of carbonyl (C=O) groups excluding carboxylic acids is 1. The number of halogens is 1. The molecular weight excluding hydrogens is 280 g/mol. The van der Waals surface area contributed by atoms with E-state index in [9.17, 15) is 4.79 Å². The largest absolute Gasteiger partial charge is 0.382 e. The predicted molar refractivity (Wildman–Crippen MR) is 75.7 cm³/mol. The Balaban J connectivity index is 2.08. The van der Waals surface area contributed by atoms with E-state index in [1.807, 2.05) is 6.07 Å². The van der Waals surface area contributed by atoms with Gasteiger partial charge in [-0.1, -0.05) is 0 Å². The van der Waals surface area contributed by atoms with Crippen molar-refractivity contribution in [3.05, 3.63) is 18.0 Å². The van der Waals surface area contributed by atoms with Crippen LogP contribution in [0, 0.1) is 17.2 Å². The molecule has 2 N–H and O–H groups in total. The third-order valence-corrected chi connectivity index (χ3v) is 3.26. The molecule has 1 aliphatic heterocycles. The number of nitrogens with one attached hydrogen (secondary N) is 2. The molecule has 6 nitrogen and oxygen atoms in total. The van der Waals surface area contributed by atoms with E-state index in [0.717, 1.165) is 26.2 Å². The fraction of sp³-hybridized carbons (Fsp3) is 0.462. The first-order chi connectivity index (χ1) is 9.72. The number of hydrogen-bond acceptors (Lipinski definition) is 5. The van der Waals surface area contributed by atoms with Crippen LogP contribution in [0.1, 0.15) is 12.1 Å². The van der Waals surface area contributed by atoms with Crippen molar-refractivity contribution in [1.29, 1.82) is 5.26 Å². The van der Waals surface area contributed by atoms with Crippen LogP contribution in [0.5, 0.6) is 0 Å². The van der Waals surface area contributed by atoms with Gasteiger partial charge in [0.2, 0.25) is 5.91 Å². The number of nitriles is 1. The van der Waals surface area contributed by atoms with E-state index in [2.05, 4.69) is 15.6 Å². The van der Waals surface area contributed by atoms with Crippen LogP contribution in [0.4, 0.5) is 11.4 Å². The zero-order valence-electron chi connectivity index (χ0n) is 10.9. The Kier molecular flexibility index (Phi) is 5.16. The van der Waals surface area contributed by atoms with Crippen LogP contribution in [0.15, 0.2) is 12.3 Å². The van der Waals surface area contributed by atoms with Crippen molar-refractivity contribution in [2.75, 3.05) is 36.3 Å². The van der Waals surface area contributed by atoms with Gasteiger partial charge in [-0.15, -0.1) is 11.6 Å². The first kappa shape index (κ1) is 14.6. The van der Waals surface area contributed by atoms with Crippen LogP contribution in [-0.2, 0) is 9.53 Å². The molecule has 1 aliphatic rings. The lowest BCUT2D eigenvalue weighted by Gasteiger charge is -2.14. The quantitative estimate of drug-likeness (QED) is 0.805. The third-order valence-electron chi connectivity index (χ3n) is 3.02. The van der Waals surface area contributed by atoms with Gasteiger partial charge in [0.05, 0.1) is 24.2 Å². The predicted octanol–water partition coefficient (Wildman–Crippen LogP) is 1.58. The normalized spacial score (nSPS) is 17.5. The van der Waals surface area contributed by atoms with Crippen LogP contribution < -0.4 is 10.6 Å². The molecular formula is C13H15ClN4O2. The SMILES string of the molecule is N#Cc1cc(NC(=O)CCl)c(NC[C@H]2CCOC2)cn1. The minimum absolute atomic E-state index is 0.139. The van der Waals surface area contributed by atoms with Gasteiger partial charge in [-0.05, 0) is 6.42 Å². The summed E-state index contributed by atoms with van der Waals surface area (Å²) in [5.41, 5.74) is 1.43. The van der Waals surface area contributed by atoms with E-state index < -0.39 is 0 Å². The fourth-order valence-electron chi connectivity index (χ4n) is 1.94. The highest BCUT2D eigenvalue weighted by Gasteiger charge is 2.16. The van der Waals surface area contributed by atoms with Crippen molar-refractivity contribution < 1.29 is 9.53 Å². The molecule has 0 unspecified atom stereocenters. The summed E-state index contributed by atoms with van der Waals surface area (Å²) in [7, 11) is 0. The summed E-state index contributed by atoms with van der Waals surface area (Å²) in [4.78, 5) is 15.4. The lowest BCUT2D eigenvalue weighted by Crippen LogP contribution is -2.18. The fourth-order valence-corrected chi connectivity index (χ4v) is 2.01. The first-order valence-corrected chi connectivity index (χ1v) is 6.84. The second-order valence-corrected chi connectivity index (χ2v) is 4.79. The smallest absolute Gasteiger partial charge is 0.239 e. The summed E-state index contributed by atoms with van der Waals surface area (Å²) >= 11 is 5.48. The van der Waals surface area contributed by atoms with Gasteiger partial charge in [-0.25, -0.2) is 4.98 Å². The lowest BCUT2D eigenvalue weighted by atomic mass is 10.1. The Morgan fingerprint density at radius 2 is 2.45 bits per heavy atom. The first-order valence-electron chi connectivity index (χ1n) is 6.30. The molecule has 1 amide bonds. The van der Waals surface area contributed by atoms with Crippen molar-refractivity contribution >= 4 is 28.9 Å². The Labute approximate surface area is 122 Å². The molecule has 0 aliphatic carbocycles. The molecule has 0 bridgehead atoms. The number of ether oxygens (including phenoxy) is 1. The summed E-state index contributed by atoms with van der Waals surface area (Å²) < 4.78 is 5.31. The summed E-state index contributed by atoms with van der Waals surface area (Å²) in [6, 6.07) is 3.47. The maximum absolute atomic E-state index is 11.4. The van der Waals surface area contributed by atoms with Crippen LogP contribution in [0.3, 0.4) is 0 Å². The van der Waals surface area contributed by atoms with E-state index in [1.165, 1.54) is 12.3 Å². The minimum atomic E-state index is -0.325. The molecule has 2 heterocycles. The van der Waals surface area contributed by atoms with Gasteiger partial charge in [-0.2, -0.15) is 5.26 Å². The Morgan fingerprint density at radius 3 is 3.10 bits per heavy atom. The highest BCUT2D eigenvalue weighted by molar-refractivity contribution is 6.29. The molecule has 7 heteroatoms. The lowest BCUT2D eigenvalue weighted by molar-refractivity contribution is -0.113. The summed E-state index contributed by atoms with van der Waals surface area (Å²) in [5, 5.41) is 14.7. The van der Waals surface area contributed by atoms with Crippen molar-refractivity contribution in [2.24, 2.45) is 5.92 Å². The van der Waals surface area contributed by atoms with Crippen LogP contribution in [0.2, 0.25) is 0 Å². The number of carbonyl (C=O) groups is 1. The average Bonchev–Trinajstić information content (AvgIpc) is 2.99. The van der Waals surface area contributed by atoms with E-state index in [0.29, 0.717) is 17.3 Å². The van der Waals surface area contributed by atoms with Gasteiger partial charge in [0.1, 0.15) is 17.6 Å². The number of rotatable bonds is 5. The van der Waals surface area contributed by atoms with Crippen LogP contribution >= 0.6 is 11.6 Å². The number of pyridine rings is 1. The van der Waals surface area contributed by atoms with E-state index >= 15 is 0 Å². The topological polar surface area (TPSA) is 87.0 Å². The number of alkyl halides is 1. The molecule has 0 spiro atoms. The average molecular weight is 295 g/mol. The number of nitrogens with zero attached hydrogens (tertiary/aromatic N) is 2. The van der Waals surface area contributed by atoms with E-state index in [1.54, 1.807) is 0 Å². The second-order valence-electron chi connectivity index (χ2n) is 4.52. The van der Waals surface area contributed by atoms with Crippen molar-refractivity contribution in [2.45, 2.75) is 6.42 Å². The zero-order chi connectivity index (χ0) is 14.4. The molecule has 2 rings (SSSR count). The molecule has 1 atom stereocenters. The highest BCUT2D eigenvalue weighted by atomic mass is 35.5. The van der Waals surface area contributed by atoms with E-state index in [4.69, 9.17) is 21.6 Å². The Hall–Kier alpha value is -1.84. The number of anilines is 2. The van der Waals surface area contributed by atoms with Crippen LogP contribution in [0.25, 0.3) is 0 Å². The van der Waals surface area contributed by atoms with Gasteiger partial charge < -0.3 is 15.4 Å². The molecule has 0 aromatic carbocycles.